The summed E-state index contributed by atoms with van der Waals surface area (Å²) in [7, 11) is 0. The van der Waals surface area contributed by atoms with Gasteiger partial charge < -0.3 is 10.6 Å². The summed E-state index contributed by atoms with van der Waals surface area (Å²) in [5, 5.41) is 13.3. The quantitative estimate of drug-likeness (QED) is 0.701. The number of nitrogens with zero attached hydrogens (tertiary/aromatic N) is 1. The maximum absolute atomic E-state index is 13.9. The molecule has 0 aromatic heterocycles. The summed E-state index contributed by atoms with van der Waals surface area (Å²) in [6, 6.07) is 4.26. The van der Waals surface area contributed by atoms with Crippen LogP contribution in [0.3, 0.4) is 0 Å². The Balaban J connectivity index is 1.78. The van der Waals surface area contributed by atoms with Crippen LogP contribution in [0, 0.1) is 17.1 Å². The Morgan fingerprint density at radius 2 is 2.00 bits per heavy atom. The number of benzene rings is 1. The molecule has 3 rings (SSSR count). The molecule has 1 aromatic rings. The van der Waals surface area contributed by atoms with Crippen molar-refractivity contribution in [3.8, 4) is 0 Å². The lowest BCUT2D eigenvalue weighted by Crippen LogP contribution is -2.15. The molecule has 0 atom stereocenters. The van der Waals surface area contributed by atoms with Crippen LogP contribution in [-0.2, 0) is 4.79 Å². The van der Waals surface area contributed by atoms with E-state index in [1.54, 1.807) is 12.4 Å². The van der Waals surface area contributed by atoms with E-state index in [-0.39, 0.29) is 11.5 Å². The van der Waals surface area contributed by atoms with E-state index in [0.29, 0.717) is 23.6 Å². The van der Waals surface area contributed by atoms with Crippen molar-refractivity contribution in [2.75, 3.05) is 10.6 Å². The normalized spacial score (nSPS) is 19.6. The van der Waals surface area contributed by atoms with E-state index in [2.05, 4.69) is 15.6 Å². The standard InChI is InChI=1S/C19H21FN4O/c20-17-7-6-16(24-12-25)9-18(17)22-11-15-8-14(10-23-19(15)21)13-4-2-1-3-5-13/h6-13,21-22H,1-5H2,(H,24,25)/b15-11-,21-19?. The van der Waals surface area contributed by atoms with Gasteiger partial charge in [0.25, 0.3) is 0 Å². The number of carbonyl (C=O) groups excluding carboxylic acids is 1. The second-order valence-corrected chi connectivity index (χ2v) is 6.29. The number of halogens is 1. The van der Waals surface area contributed by atoms with Crippen molar-refractivity contribution in [2.45, 2.75) is 32.1 Å². The highest BCUT2D eigenvalue weighted by molar-refractivity contribution is 6.09. The first-order valence-electron chi connectivity index (χ1n) is 8.48. The highest BCUT2D eigenvalue weighted by atomic mass is 19.1. The topological polar surface area (TPSA) is 77.3 Å². The molecular formula is C19H21FN4O. The van der Waals surface area contributed by atoms with Gasteiger partial charge in [-0.3, -0.25) is 10.2 Å². The number of aliphatic imine (C=N–C) groups is 1. The van der Waals surface area contributed by atoms with Gasteiger partial charge in [-0.05, 0) is 48.6 Å². The number of hydrogen-bond donors (Lipinski definition) is 3. The molecule has 1 fully saturated rings. The third kappa shape index (κ3) is 4.21. The lowest BCUT2D eigenvalue weighted by Gasteiger charge is -2.24. The van der Waals surface area contributed by atoms with Crippen LogP contribution in [0.5, 0.6) is 0 Å². The van der Waals surface area contributed by atoms with Crippen LogP contribution < -0.4 is 10.6 Å². The Hall–Kier alpha value is -2.76. The van der Waals surface area contributed by atoms with Crippen LogP contribution in [0.4, 0.5) is 15.8 Å². The summed E-state index contributed by atoms with van der Waals surface area (Å²) in [4.78, 5) is 14.7. The highest BCUT2D eigenvalue weighted by Gasteiger charge is 2.20. The van der Waals surface area contributed by atoms with Crippen molar-refractivity contribution in [3.63, 3.8) is 0 Å². The molecule has 1 aliphatic heterocycles. The lowest BCUT2D eigenvalue weighted by atomic mass is 9.83. The maximum atomic E-state index is 13.9. The molecule has 0 saturated heterocycles. The van der Waals surface area contributed by atoms with E-state index in [1.807, 2.05) is 6.08 Å². The Kier molecular flexibility index (Phi) is 5.38. The molecule has 3 N–H and O–H groups in total. The van der Waals surface area contributed by atoms with Gasteiger partial charge in [0.2, 0.25) is 6.41 Å². The van der Waals surface area contributed by atoms with Crippen LogP contribution >= 0.6 is 0 Å². The Morgan fingerprint density at radius 1 is 1.20 bits per heavy atom. The molecule has 130 valence electrons. The molecule has 1 aromatic carbocycles. The summed E-state index contributed by atoms with van der Waals surface area (Å²) in [6.45, 7) is 0. The number of rotatable bonds is 5. The molecule has 1 amide bonds. The van der Waals surface area contributed by atoms with Gasteiger partial charge in [0, 0.05) is 23.7 Å². The number of nitrogens with one attached hydrogen (secondary N) is 3. The smallest absolute Gasteiger partial charge is 0.211 e. The minimum atomic E-state index is -0.435. The largest absolute Gasteiger partial charge is 0.359 e. The fourth-order valence-electron chi connectivity index (χ4n) is 3.22. The van der Waals surface area contributed by atoms with Crippen LogP contribution in [0.1, 0.15) is 32.1 Å². The molecule has 5 nitrogen and oxygen atoms in total. The Labute approximate surface area is 146 Å². The van der Waals surface area contributed by atoms with Crippen molar-refractivity contribution >= 4 is 29.8 Å². The van der Waals surface area contributed by atoms with Gasteiger partial charge in [-0.2, -0.15) is 0 Å². The van der Waals surface area contributed by atoms with E-state index < -0.39 is 5.82 Å². The number of amidine groups is 1. The SMILES string of the molecule is N=C1N=CC(C2CCCCC2)=C/C1=C/Nc1cc(NC=O)ccc1F. The fourth-order valence-corrected chi connectivity index (χ4v) is 3.22. The zero-order chi connectivity index (χ0) is 17.6. The molecule has 6 heteroatoms. The number of carbonyl (C=O) groups is 1. The van der Waals surface area contributed by atoms with Crippen LogP contribution in [0.15, 0.2) is 46.6 Å². The summed E-state index contributed by atoms with van der Waals surface area (Å²) >= 11 is 0. The van der Waals surface area contributed by atoms with Crippen molar-refractivity contribution in [1.29, 1.82) is 5.41 Å². The van der Waals surface area contributed by atoms with Crippen molar-refractivity contribution in [3.05, 3.63) is 47.4 Å². The number of anilines is 2. The first kappa shape index (κ1) is 17.1. The van der Waals surface area contributed by atoms with Gasteiger partial charge in [-0.15, -0.1) is 0 Å². The summed E-state index contributed by atoms with van der Waals surface area (Å²) in [6.07, 6.45) is 11.9. The number of hydrogen-bond acceptors (Lipinski definition) is 3. The molecule has 1 heterocycles. The monoisotopic (exact) mass is 340 g/mol. The summed E-state index contributed by atoms with van der Waals surface area (Å²) in [5.41, 5.74) is 2.48. The van der Waals surface area contributed by atoms with E-state index in [0.717, 1.165) is 18.4 Å². The summed E-state index contributed by atoms with van der Waals surface area (Å²) < 4.78 is 13.9. The molecule has 1 aliphatic carbocycles. The molecule has 1 saturated carbocycles. The van der Waals surface area contributed by atoms with Gasteiger partial charge in [-0.1, -0.05) is 19.3 Å². The van der Waals surface area contributed by atoms with E-state index >= 15 is 0 Å². The van der Waals surface area contributed by atoms with Gasteiger partial charge in [-0.25, -0.2) is 9.38 Å². The van der Waals surface area contributed by atoms with E-state index in [1.165, 1.54) is 37.5 Å². The Morgan fingerprint density at radius 3 is 2.76 bits per heavy atom. The van der Waals surface area contributed by atoms with Gasteiger partial charge in [0.15, 0.2) is 5.84 Å². The zero-order valence-electron chi connectivity index (χ0n) is 13.9. The van der Waals surface area contributed by atoms with Crippen LogP contribution in [0.25, 0.3) is 0 Å². The first-order chi connectivity index (χ1) is 12.2. The Bertz CT molecular complexity index is 761. The molecule has 0 spiro atoms. The second-order valence-electron chi connectivity index (χ2n) is 6.29. The lowest BCUT2D eigenvalue weighted by molar-refractivity contribution is -0.105. The second kappa shape index (κ2) is 7.88. The molecule has 0 bridgehead atoms. The minimum absolute atomic E-state index is 0.148. The van der Waals surface area contributed by atoms with Gasteiger partial charge in [0.05, 0.1) is 5.69 Å². The number of allylic oxidation sites excluding steroid dienone is 1. The van der Waals surface area contributed by atoms with Gasteiger partial charge in [0.1, 0.15) is 5.82 Å². The molecule has 0 radical (unpaired) electrons. The predicted molar refractivity (Wildman–Crippen MR) is 98.7 cm³/mol. The maximum Gasteiger partial charge on any atom is 0.211 e. The van der Waals surface area contributed by atoms with Crippen molar-refractivity contribution in [2.24, 2.45) is 10.9 Å². The zero-order valence-corrected chi connectivity index (χ0v) is 13.9. The van der Waals surface area contributed by atoms with Gasteiger partial charge >= 0.3 is 0 Å². The third-order valence-electron chi connectivity index (χ3n) is 4.59. The molecular weight excluding hydrogens is 319 g/mol. The fraction of sp³-hybridized carbons (Fsp3) is 0.316. The first-order valence-corrected chi connectivity index (χ1v) is 8.48. The van der Waals surface area contributed by atoms with Crippen LogP contribution in [-0.4, -0.2) is 18.5 Å². The van der Waals surface area contributed by atoms with Crippen molar-refractivity contribution in [1.82, 2.24) is 0 Å². The average molecular weight is 340 g/mol. The minimum Gasteiger partial charge on any atom is -0.359 e. The molecule has 2 aliphatic rings. The third-order valence-corrected chi connectivity index (χ3v) is 4.59. The molecule has 0 unspecified atom stereocenters. The highest BCUT2D eigenvalue weighted by Crippen LogP contribution is 2.31. The van der Waals surface area contributed by atoms with E-state index in [4.69, 9.17) is 5.41 Å². The molecule has 25 heavy (non-hydrogen) atoms. The van der Waals surface area contributed by atoms with Crippen LogP contribution in [0.2, 0.25) is 0 Å². The number of dihydropyridines is 1. The van der Waals surface area contributed by atoms with E-state index in [9.17, 15) is 9.18 Å². The number of amides is 1. The predicted octanol–water partition coefficient (Wildman–Crippen LogP) is 4.26. The summed E-state index contributed by atoms with van der Waals surface area (Å²) in [5.74, 6) is 0.205. The average Bonchev–Trinajstić information content (AvgIpc) is 2.64. The van der Waals surface area contributed by atoms with Crippen molar-refractivity contribution < 1.29 is 9.18 Å².